The number of benzene rings is 6. The quantitative estimate of drug-likeness (QED) is 0.161. The van der Waals surface area contributed by atoms with Crippen molar-refractivity contribution in [3.05, 3.63) is 207 Å². The van der Waals surface area contributed by atoms with Crippen LogP contribution >= 0.6 is 0 Å². The first-order valence-electron chi connectivity index (χ1n) is 20.3. The Kier molecular flexibility index (Phi) is 7.99. The molecule has 0 atom stereocenters. The molecule has 286 valence electrons. The van der Waals surface area contributed by atoms with E-state index in [9.17, 15) is 0 Å². The van der Waals surface area contributed by atoms with E-state index in [1.54, 1.807) is 0 Å². The summed E-state index contributed by atoms with van der Waals surface area (Å²) in [5, 5.41) is 2.13. The summed E-state index contributed by atoms with van der Waals surface area (Å²) in [6.45, 7) is 0. The van der Waals surface area contributed by atoms with Crippen molar-refractivity contribution in [3.63, 3.8) is 0 Å². The van der Waals surface area contributed by atoms with E-state index < -0.39 is 0 Å². The number of fused-ring (bicyclic) bond motifs is 7. The van der Waals surface area contributed by atoms with Gasteiger partial charge in [-0.15, -0.1) is 0 Å². The lowest BCUT2D eigenvalue weighted by Gasteiger charge is -2.12. The number of aromatic nitrogens is 8. The summed E-state index contributed by atoms with van der Waals surface area (Å²) in [6.07, 6.45) is 3.69. The average Bonchev–Trinajstić information content (AvgIpc) is 3.97. The first-order valence-corrected chi connectivity index (χ1v) is 20.3. The molecule has 0 saturated heterocycles. The van der Waals surface area contributed by atoms with E-state index in [1.807, 2.05) is 97.3 Å². The summed E-state index contributed by atoms with van der Waals surface area (Å²) in [6, 6.07) is 66.9. The molecular formula is C53H34N8. The van der Waals surface area contributed by atoms with Crippen LogP contribution in [-0.4, -0.2) is 38.6 Å². The predicted octanol–water partition coefficient (Wildman–Crippen LogP) is 12.3. The molecule has 12 rings (SSSR count). The monoisotopic (exact) mass is 782 g/mol. The first-order chi connectivity index (χ1) is 30.3. The van der Waals surface area contributed by atoms with Crippen molar-refractivity contribution in [2.24, 2.45) is 0 Å². The van der Waals surface area contributed by atoms with Gasteiger partial charge in [-0.2, -0.15) is 9.97 Å². The summed E-state index contributed by atoms with van der Waals surface area (Å²) in [4.78, 5) is 25.3. The minimum absolute atomic E-state index is 0.518. The Morgan fingerprint density at radius 1 is 0.311 bits per heavy atom. The van der Waals surface area contributed by atoms with E-state index in [0.29, 0.717) is 17.6 Å². The molecule has 0 unspecified atom stereocenters. The van der Waals surface area contributed by atoms with Crippen molar-refractivity contribution < 1.29 is 0 Å². The maximum absolute atomic E-state index is 5.35. The normalized spacial score (nSPS) is 11.6. The number of pyridine rings is 2. The summed E-state index contributed by atoms with van der Waals surface area (Å²) in [7, 11) is 0. The fourth-order valence-corrected chi connectivity index (χ4v) is 8.72. The third kappa shape index (κ3) is 5.65. The van der Waals surface area contributed by atoms with Crippen LogP contribution in [0.25, 0.3) is 106 Å². The summed E-state index contributed by atoms with van der Waals surface area (Å²) < 4.78 is 7.06. The standard InChI is InChI=1S/C53H34N8/c1-5-17-35(18-6-1)51-56-52(36-19-7-2-8-20-36)58-53(57-51)61-46-30-28-38(44-26-14-16-32-55-44)34-42(46)48-50(61)49-47(60(48)40-23-11-4-12-24-40)41-33-37(43-25-13-15-31-54-43)27-29-45(41)59(49)39-21-9-3-10-22-39/h1-34H. The molecule has 8 nitrogen and oxygen atoms in total. The third-order valence-electron chi connectivity index (χ3n) is 11.4. The molecule has 0 spiro atoms. The Balaban J connectivity index is 1.31. The molecule has 0 radical (unpaired) electrons. The van der Waals surface area contributed by atoms with Crippen LogP contribution < -0.4 is 0 Å². The minimum Gasteiger partial charge on any atom is -0.306 e. The van der Waals surface area contributed by atoms with Gasteiger partial charge in [0.25, 0.3) is 0 Å². The molecule has 61 heavy (non-hydrogen) atoms. The molecule has 0 aliphatic heterocycles. The Morgan fingerprint density at radius 2 is 0.738 bits per heavy atom. The van der Waals surface area contributed by atoms with E-state index in [1.165, 1.54) is 0 Å². The summed E-state index contributed by atoms with van der Waals surface area (Å²) in [5.41, 5.74) is 13.8. The molecule has 6 aromatic heterocycles. The van der Waals surface area contributed by atoms with Gasteiger partial charge in [0.2, 0.25) is 5.95 Å². The fourth-order valence-electron chi connectivity index (χ4n) is 8.72. The second kappa shape index (κ2) is 14.1. The van der Waals surface area contributed by atoms with Crippen molar-refractivity contribution in [1.82, 2.24) is 38.6 Å². The fraction of sp³-hybridized carbons (Fsp3) is 0. The highest BCUT2D eigenvalue weighted by molar-refractivity contribution is 6.26. The average molecular weight is 783 g/mol. The van der Waals surface area contributed by atoms with Crippen LogP contribution in [0.3, 0.4) is 0 Å². The van der Waals surface area contributed by atoms with Gasteiger partial charge in [0, 0.05) is 56.8 Å². The van der Waals surface area contributed by atoms with Crippen molar-refractivity contribution >= 4 is 43.9 Å². The van der Waals surface area contributed by atoms with Crippen LogP contribution in [0, 0.1) is 0 Å². The molecular weight excluding hydrogens is 749 g/mol. The van der Waals surface area contributed by atoms with E-state index in [-0.39, 0.29) is 0 Å². The van der Waals surface area contributed by atoms with Gasteiger partial charge in [-0.1, -0.05) is 121 Å². The molecule has 0 fully saturated rings. The zero-order valence-electron chi connectivity index (χ0n) is 32.7. The van der Waals surface area contributed by atoms with Crippen LogP contribution in [-0.2, 0) is 0 Å². The maximum atomic E-state index is 5.35. The second-order valence-corrected chi connectivity index (χ2v) is 15.0. The Morgan fingerprint density at radius 3 is 1.21 bits per heavy atom. The molecule has 6 aromatic carbocycles. The van der Waals surface area contributed by atoms with Gasteiger partial charge >= 0.3 is 0 Å². The van der Waals surface area contributed by atoms with E-state index in [0.717, 1.165) is 88.9 Å². The predicted molar refractivity (Wildman–Crippen MR) is 245 cm³/mol. The van der Waals surface area contributed by atoms with Crippen molar-refractivity contribution in [2.75, 3.05) is 0 Å². The SMILES string of the molecule is c1ccc(-c2nc(-c3ccccc3)nc(-n3c4ccc(-c5ccccn5)cc4c4c3c3c(c5cc(-c6ccccn6)ccc5n3-c3ccccc3)n4-c3ccccc3)n2)cc1. The highest BCUT2D eigenvalue weighted by Crippen LogP contribution is 2.46. The van der Waals surface area contributed by atoms with Gasteiger partial charge in [-0.3, -0.25) is 14.5 Å². The van der Waals surface area contributed by atoms with Gasteiger partial charge in [0.15, 0.2) is 11.6 Å². The number of rotatable bonds is 7. The highest BCUT2D eigenvalue weighted by Gasteiger charge is 2.30. The largest absolute Gasteiger partial charge is 0.306 e. The van der Waals surface area contributed by atoms with Crippen LogP contribution in [0.15, 0.2) is 207 Å². The zero-order chi connectivity index (χ0) is 40.3. The van der Waals surface area contributed by atoms with E-state index >= 15 is 0 Å². The zero-order valence-corrected chi connectivity index (χ0v) is 32.7. The van der Waals surface area contributed by atoms with Crippen LogP contribution in [0.2, 0.25) is 0 Å². The summed E-state index contributed by atoms with van der Waals surface area (Å²) >= 11 is 0. The lowest BCUT2D eigenvalue weighted by atomic mass is 10.1. The maximum Gasteiger partial charge on any atom is 0.238 e. The van der Waals surface area contributed by atoms with E-state index in [2.05, 4.69) is 123 Å². The van der Waals surface area contributed by atoms with Crippen molar-refractivity contribution in [3.8, 4) is 62.6 Å². The van der Waals surface area contributed by atoms with Gasteiger partial charge in [-0.05, 0) is 72.8 Å². The van der Waals surface area contributed by atoms with Gasteiger partial charge < -0.3 is 9.13 Å². The lowest BCUT2D eigenvalue weighted by molar-refractivity contribution is 0.953. The smallest absolute Gasteiger partial charge is 0.238 e. The topological polar surface area (TPSA) is 79.2 Å². The number of para-hydroxylation sites is 2. The van der Waals surface area contributed by atoms with Gasteiger partial charge in [0.1, 0.15) is 5.52 Å². The number of hydrogen-bond acceptors (Lipinski definition) is 5. The third-order valence-corrected chi connectivity index (χ3v) is 11.4. The van der Waals surface area contributed by atoms with Gasteiger partial charge in [0.05, 0.1) is 39.0 Å². The van der Waals surface area contributed by atoms with Crippen molar-refractivity contribution in [2.45, 2.75) is 0 Å². The van der Waals surface area contributed by atoms with Crippen molar-refractivity contribution in [1.29, 1.82) is 0 Å². The molecule has 0 N–H and O–H groups in total. The Hall–Kier alpha value is -8.49. The van der Waals surface area contributed by atoms with Gasteiger partial charge in [-0.25, -0.2) is 4.98 Å². The Bertz CT molecular complexity index is 3490. The first kappa shape index (κ1) is 34.5. The molecule has 0 bridgehead atoms. The van der Waals surface area contributed by atoms with Crippen LogP contribution in [0.1, 0.15) is 0 Å². The Labute approximate surface area is 350 Å². The summed E-state index contributed by atoms with van der Waals surface area (Å²) in [5.74, 6) is 1.70. The molecule has 0 saturated carbocycles. The lowest BCUT2D eigenvalue weighted by Crippen LogP contribution is -2.07. The molecule has 8 heteroatoms. The second-order valence-electron chi connectivity index (χ2n) is 15.0. The highest BCUT2D eigenvalue weighted by atomic mass is 15.2. The number of nitrogens with zero attached hydrogens (tertiary/aromatic N) is 8. The minimum atomic E-state index is 0.518. The molecule has 12 aromatic rings. The molecule has 6 heterocycles. The molecule has 0 amide bonds. The van der Waals surface area contributed by atoms with Crippen LogP contribution in [0.4, 0.5) is 0 Å². The van der Waals surface area contributed by atoms with Crippen LogP contribution in [0.5, 0.6) is 0 Å². The van der Waals surface area contributed by atoms with E-state index in [4.69, 9.17) is 24.9 Å². The molecule has 0 aliphatic carbocycles. The number of hydrogen-bond donors (Lipinski definition) is 0. The molecule has 0 aliphatic rings.